The van der Waals surface area contributed by atoms with Gasteiger partial charge in [0.1, 0.15) is 5.82 Å². The predicted octanol–water partition coefficient (Wildman–Crippen LogP) is 0.791. The number of hydrogen-bond acceptors (Lipinski definition) is 7. The number of halogens is 1. The lowest BCUT2D eigenvalue weighted by Crippen LogP contribution is -2.81. The average Bonchev–Trinajstić information content (AvgIpc) is 2.80. The summed E-state index contributed by atoms with van der Waals surface area (Å²) in [6, 6.07) is 8.98. The van der Waals surface area contributed by atoms with Gasteiger partial charge in [-0.05, 0) is 56.9 Å². The maximum absolute atomic E-state index is 12.6. The number of carbonyl (C=O) groups is 2. The molecule has 3 aliphatic carbocycles. The summed E-state index contributed by atoms with van der Waals surface area (Å²) < 4.78 is 1.44. The number of aromatic nitrogens is 2. The van der Waals surface area contributed by atoms with Gasteiger partial charge in [0.25, 0.3) is 0 Å². The molecule has 2 aromatic rings. The topological polar surface area (TPSA) is 152 Å². The van der Waals surface area contributed by atoms with Crippen molar-refractivity contribution in [1.29, 1.82) is 0 Å². The summed E-state index contributed by atoms with van der Waals surface area (Å²) in [7, 11) is 0. The lowest BCUT2D eigenvalue weighted by molar-refractivity contribution is -0.137. The number of rotatable bonds is 6. The third kappa shape index (κ3) is 5.49. The standard InChI is InChI=1S/C25H34N8O3.ClH/c1-23(2,26)20(34)31-9-11-32(12-10-31)21(35)29-19-7-8-33(22(36)30-19)18-5-3-17(4-6-18)13-28-25-14-24(27,15-25)16-25;/h3-8,28H,9-16,26-27H2,1-2H3,(H,29,30,35,36);1H. The van der Waals surface area contributed by atoms with E-state index in [4.69, 9.17) is 11.5 Å². The molecular weight excluding hydrogens is 496 g/mol. The van der Waals surface area contributed by atoms with E-state index in [0.29, 0.717) is 31.9 Å². The quantitative estimate of drug-likeness (QED) is 0.431. The fourth-order valence-corrected chi connectivity index (χ4v) is 5.50. The Labute approximate surface area is 222 Å². The van der Waals surface area contributed by atoms with E-state index in [0.717, 1.165) is 31.4 Å². The first-order chi connectivity index (χ1) is 17.0. The first kappa shape index (κ1) is 27.1. The second-order valence-corrected chi connectivity index (χ2v) is 11.1. The fraction of sp³-hybridized carbons (Fsp3) is 0.520. The van der Waals surface area contributed by atoms with Gasteiger partial charge in [-0.15, -0.1) is 12.4 Å². The minimum Gasteiger partial charge on any atom is -0.338 e. The van der Waals surface area contributed by atoms with Crippen molar-refractivity contribution < 1.29 is 9.59 Å². The van der Waals surface area contributed by atoms with E-state index in [2.05, 4.69) is 15.6 Å². The molecule has 3 amide bonds. The van der Waals surface area contributed by atoms with Crippen molar-refractivity contribution in [3.63, 3.8) is 0 Å². The van der Waals surface area contributed by atoms with Gasteiger partial charge >= 0.3 is 11.7 Å². The Morgan fingerprint density at radius 1 is 1.03 bits per heavy atom. The lowest BCUT2D eigenvalue weighted by atomic mass is 9.44. The monoisotopic (exact) mass is 530 g/mol. The second-order valence-electron chi connectivity index (χ2n) is 11.1. The third-order valence-corrected chi connectivity index (χ3v) is 7.40. The van der Waals surface area contributed by atoms with E-state index >= 15 is 0 Å². The summed E-state index contributed by atoms with van der Waals surface area (Å²) in [4.78, 5) is 44.9. The van der Waals surface area contributed by atoms with Crippen molar-refractivity contribution in [2.24, 2.45) is 11.5 Å². The van der Waals surface area contributed by atoms with Crippen LogP contribution >= 0.6 is 12.4 Å². The van der Waals surface area contributed by atoms with Gasteiger partial charge in [-0.25, -0.2) is 9.59 Å². The van der Waals surface area contributed by atoms with Crippen molar-refractivity contribution in [3.8, 4) is 5.69 Å². The molecular formula is C25H35ClN8O3. The zero-order chi connectivity index (χ0) is 25.7. The van der Waals surface area contributed by atoms with Gasteiger partial charge in [-0.2, -0.15) is 4.98 Å². The maximum atomic E-state index is 12.6. The lowest BCUT2D eigenvalue weighted by Gasteiger charge is -2.69. The van der Waals surface area contributed by atoms with Gasteiger partial charge in [-0.1, -0.05) is 12.1 Å². The van der Waals surface area contributed by atoms with Crippen LogP contribution in [0.1, 0.15) is 38.7 Å². The van der Waals surface area contributed by atoms with Gasteiger partial charge in [-0.3, -0.25) is 14.7 Å². The van der Waals surface area contributed by atoms with E-state index in [1.54, 1.807) is 35.9 Å². The van der Waals surface area contributed by atoms with Crippen LogP contribution in [0.4, 0.5) is 10.6 Å². The molecule has 0 spiro atoms. The Balaban J connectivity index is 0.00000320. The number of amides is 3. The number of nitrogens with two attached hydrogens (primary N) is 2. The predicted molar refractivity (Wildman–Crippen MR) is 143 cm³/mol. The number of carbonyl (C=O) groups excluding carboxylic acids is 2. The van der Waals surface area contributed by atoms with Crippen molar-refractivity contribution in [2.75, 3.05) is 31.5 Å². The zero-order valence-corrected chi connectivity index (χ0v) is 22.0. The van der Waals surface area contributed by atoms with E-state index in [1.807, 2.05) is 24.3 Å². The molecule has 2 bridgehead atoms. The van der Waals surface area contributed by atoms with Gasteiger partial charge in [0.05, 0.1) is 11.2 Å². The van der Waals surface area contributed by atoms with E-state index in [-0.39, 0.29) is 41.2 Å². The molecule has 0 radical (unpaired) electrons. The Morgan fingerprint density at radius 2 is 1.62 bits per heavy atom. The van der Waals surface area contributed by atoms with Crippen LogP contribution in [0.15, 0.2) is 41.3 Å². The highest BCUT2D eigenvalue weighted by molar-refractivity contribution is 5.89. The zero-order valence-electron chi connectivity index (χ0n) is 21.2. The number of anilines is 1. The molecule has 4 aliphatic rings. The summed E-state index contributed by atoms with van der Waals surface area (Å²) in [6.07, 6.45) is 4.74. The summed E-state index contributed by atoms with van der Waals surface area (Å²) in [6.45, 7) is 5.66. The van der Waals surface area contributed by atoms with Crippen LogP contribution in [0.2, 0.25) is 0 Å². The summed E-state index contributed by atoms with van der Waals surface area (Å²) in [5.41, 5.74) is 12.7. The molecule has 1 aromatic heterocycles. The van der Waals surface area contributed by atoms with Crippen LogP contribution in [-0.4, -0.2) is 74.1 Å². The number of nitrogens with one attached hydrogen (secondary N) is 2. The smallest absolute Gasteiger partial charge is 0.338 e. The second kappa shape index (κ2) is 9.71. The molecule has 0 unspecified atom stereocenters. The third-order valence-electron chi connectivity index (χ3n) is 7.40. The minimum atomic E-state index is -0.944. The molecule has 6 rings (SSSR count). The normalized spacial score (nSPS) is 24.4. The molecule has 2 heterocycles. The van der Waals surface area contributed by atoms with Gasteiger partial charge in [0.15, 0.2) is 0 Å². The maximum Gasteiger partial charge on any atom is 0.354 e. The van der Waals surface area contributed by atoms with Crippen molar-refractivity contribution >= 4 is 30.2 Å². The van der Waals surface area contributed by atoms with Crippen LogP contribution in [0.25, 0.3) is 5.69 Å². The van der Waals surface area contributed by atoms with Crippen molar-refractivity contribution in [1.82, 2.24) is 24.7 Å². The first-order valence-corrected chi connectivity index (χ1v) is 12.3. The van der Waals surface area contributed by atoms with Crippen LogP contribution in [0.5, 0.6) is 0 Å². The average molecular weight is 531 g/mol. The van der Waals surface area contributed by atoms with E-state index < -0.39 is 11.2 Å². The highest BCUT2D eigenvalue weighted by Gasteiger charge is 2.65. The fourth-order valence-electron chi connectivity index (χ4n) is 5.50. The highest BCUT2D eigenvalue weighted by Crippen LogP contribution is 2.58. The van der Waals surface area contributed by atoms with Crippen LogP contribution in [-0.2, 0) is 11.3 Å². The number of nitrogens with zero attached hydrogens (tertiary/aromatic N) is 4. The molecule has 37 heavy (non-hydrogen) atoms. The molecule has 12 heteroatoms. The molecule has 1 aliphatic heterocycles. The number of urea groups is 1. The molecule has 200 valence electrons. The van der Waals surface area contributed by atoms with E-state index in [9.17, 15) is 14.4 Å². The van der Waals surface area contributed by atoms with Crippen LogP contribution in [0.3, 0.4) is 0 Å². The highest BCUT2D eigenvalue weighted by atomic mass is 35.5. The van der Waals surface area contributed by atoms with Gasteiger partial charge in [0, 0.05) is 50.0 Å². The molecule has 6 N–H and O–H groups in total. The molecule has 0 atom stereocenters. The van der Waals surface area contributed by atoms with E-state index in [1.165, 1.54) is 4.57 Å². The summed E-state index contributed by atoms with van der Waals surface area (Å²) in [5.74, 6) is 0.0381. The largest absolute Gasteiger partial charge is 0.354 e. The summed E-state index contributed by atoms with van der Waals surface area (Å²) in [5, 5.41) is 6.29. The number of piperazine rings is 1. The van der Waals surface area contributed by atoms with Crippen molar-refractivity contribution in [2.45, 2.75) is 56.3 Å². The molecule has 11 nitrogen and oxygen atoms in total. The molecule has 4 fully saturated rings. The molecule has 1 saturated heterocycles. The summed E-state index contributed by atoms with van der Waals surface area (Å²) >= 11 is 0. The Morgan fingerprint density at radius 3 is 2.16 bits per heavy atom. The minimum absolute atomic E-state index is 0. The Hall–Kier alpha value is -2.99. The van der Waals surface area contributed by atoms with Crippen molar-refractivity contribution in [3.05, 3.63) is 52.6 Å². The molecule has 1 aromatic carbocycles. The van der Waals surface area contributed by atoms with Crippen LogP contribution in [0, 0.1) is 0 Å². The molecule has 3 saturated carbocycles. The number of benzene rings is 1. The van der Waals surface area contributed by atoms with Gasteiger partial charge in [0.2, 0.25) is 5.91 Å². The SMILES string of the molecule is CC(C)(N)C(=O)N1CCN(C(=O)Nc2ccn(-c3ccc(CNC45CC(N)(C4)C5)cc3)c(=O)n2)CC1.Cl. The first-order valence-electron chi connectivity index (χ1n) is 12.3. The number of hydrogen-bond donors (Lipinski definition) is 4. The Bertz CT molecular complexity index is 1210. The van der Waals surface area contributed by atoms with Crippen LogP contribution < -0.4 is 27.8 Å². The van der Waals surface area contributed by atoms with Gasteiger partial charge < -0.3 is 26.6 Å². The Kier molecular flexibility index (Phi) is 7.10.